The number of rotatable bonds is 6. The molecule has 29 heavy (non-hydrogen) atoms. The molecule has 0 spiro atoms. The van der Waals surface area contributed by atoms with Crippen LogP contribution in [-0.4, -0.2) is 33.4 Å². The maximum Gasteiger partial charge on any atom is 0.231 e. The molecule has 0 atom stereocenters. The summed E-state index contributed by atoms with van der Waals surface area (Å²) in [6, 6.07) is 15.5. The van der Waals surface area contributed by atoms with Crippen LogP contribution >= 0.6 is 0 Å². The van der Waals surface area contributed by atoms with Crippen LogP contribution < -0.4 is 9.04 Å². The third kappa shape index (κ3) is 3.56. The van der Waals surface area contributed by atoms with E-state index in [1.807, 2.05) is 30.3 Å². The lowest BCUT2D eigenvalue weighted by Crippen LogP contribution is -2.24. The van der Waals surface area contributed by atoms with Crippen molar-refractivity contribution in [2.75, 3.05) is 24.7 Å². The number of nitriles is 1. The van der Waals surface area contributed by atoms with Gasteiger partial charge in [0.2, 0.25) is 10.0 Å². The fraction of sp³-hybridized carbons (Fsp3) is 0.318. The number of aromatic nitrogens is 1. The zero-order valence-corrected chi connectivity index (χ0v) is 17.5. The molecule has 7 heteroatoms. The molecule has 0 radical (unpaired) electrons. The van der Waals surface area contributed by atoms with Gasteiger partial charge in [0.15, 0.2) is 0 Å². The Morgan fingerprint density at radius 1 is 1.21 bits per heavy atom. The molecule has 0 N–H and O–H groups in total. The molecular weight excluding hydrogens is 386 g/mol. The van der Waals surface area contributed by atoms with Gasteiger partial charge in [0.1, 0.15) is 11.8 Å². The first-order valence-electron chi connectivity index (χ1n) is 9.48. The molecule has 2 aromatic carbocycles. The Hall–Kier alpha value is -2.98. The molecule has 4 rings (SSSR count). The normalized spacial score (nSPS) is 14.0. The van der Waals surface area contributed by atoms with Crippen molar-refractivity contribution in [1.82, 2.24) is 4.57 Å². The number of benzene rings is 2. The van der Waals surface area contributed by atoms with E-state index in [-0.39, 0.29) is 0 Å². The third-order valence-electron chi connectivity index (χ3n) is 5.52. The first kappa shape index (κ1) is 19.3. The molecule has 0 amide bonds. The highest BCUT2D eigenvalue weighted by molar-refractivity contribution is 7.92. The largest absolute Gasteiger partial charge is 0.497 e. The summed E-state index contributed by atoms with van der Waals surface area (Å²) in [6.45, 7) is 0.853. The Morgan fingerprint density at radius 2 is 1.90 bits per heavy atom. The van der Waals surface area contributed by atoms with Crippen LogP contribution in [0.5, 0.6) is 5.75 Å². The number of fused-ring (bicyclic) bond motifs is 1. The van der Waals surface area contributed by atoms with E-state index in [0.29, 0.717) is 17.2 Å². The summed E-state index contributed by atoms with van der Waals surface area (Å²) < 4.78 is 32.5. The van der Waals surface area contributed by atoms with Gasteiger partial charge < -0.3 is 9.30 Å². The Labute approximate surface area is 171 Å². The van der Waals surface area contributed by atoms with E-state index in [1.54, 1.807) is 19.2 Å². The van der Waals surface area contributed by atoms with E-state index in [9.17, 15) is 13.7 Å². The highest BCUT2D eigenvalue weighted by atomic mass is 32.2. The van der Waals surface area contributed by atoms with Gasteiger partial charge in [-0.2, -0.15) is 5.26 Å². The predicted molar refractivity (Wildman–Crippen MR) is 115 cm³/mol. The van der Waals surface area contributed by atoms with E-state index < -0.39 is 10.0 Å². The standard InChI is InChI=1S/C22H23N3O3S/c1-24(29(3,26)27)17-8-6-16(7-9-17)22-20(13-23)19-11-10-18(28-2)12-21(19)25(22)14-15-4-5-15/h6-12,15H,4-5,14H2,1-3H3. The molecule has 1 aliphatic carbocycles. The number of methoxy groups -OCH3 is 1. The van der Waals surface area contributed by atoms with Crippen LogP contribution in [0.25, 0.3) is 22.2 Å². The summed E-state index contributed by atoms with van der Waals surface area (Å²) in [5.41, 5.74) is 3.97. The van der Waals surface area contributed by atoms with Gasteiger partial charge in [0.05, 0.1) is 35.8 Å². The molecule has 0 unspecified atom stereocenters. The van der Waals surface area contributed by atoms with Crippen molar-refractivity contribution in [3.63, 3.8) is 0 Å². The van der Waals surface area contributed by atoms with Crippen molar-refractivity contribution >= 4 is 26.6 Å². The third-order valence-corrected chi connectivity index (χ3v) is 6.73. The number of anilines is 1. The lowest BCUT2D eigenvalue weighted by atomic mass is 10.1. The molecule has 6 nitrogen and oxygen atoms in total. The van der Waals surface area contributed by atoms with Gasteiger partial charge in [0.25, 0.3) is 0 Å². The highest BCUT2D eigenvalue weighted by Crippen LogP contribution is 2.39. The van der Waals surface area contributed by atoms with Crippen molar-refractivity contribution in [3.05, 3.63) is 48.0 Å². The van der Waals surface area contributed by atoms with Crippen LogP contribution in [0.1, 0.15) is 18.4 Å². The molecule has 1 aromatic heterocycles. The van der Waals surface area contributed by atoms with Gasteiger partial charge in [-0.25, -0.2) is 8.42 Å². The first-order chi connectivity index (χ1) is 13.8. The monoisotopic (exact) mass is 409 g/mol. The van der Waals surface area contributed by atoms with Gasteiger partial charge in [-0.05, 0) is 48.6 Å². The average Bonchev–Trinajstić information content (AvgIpc) is 3.48. The smallest absolute Gasteiger partial charge is 0.231 e. The fourth-order valence-corrected chi connectivity index (χ4v) is 4.14. The number of ether oxygens (including phenoxy) is 1. The van der Waals surface area contributed by atoms with Crippen LogP contribution in [0.15, 0.2) is 42.5 Å². The summed E-state index contributed by atoms with van der Waals surface area (Å²) >= 11 is 0. The second-order valence-corrected chi connectivity index (χ2v) is 9.56. The van der Waals surface area contributed by atoms with E-state index in [4.69, 9.17) is 4.74 Å². The Kier molecular flexibility index (Phi) is 4.75. The van der Waals surface area contributed by atoms with Crippen LogP contribution in [-0.2, 0) is 16.6 Å². The lowest BCUT2D eigenvalue weighted by Gasteiger charge is -2.17. The van der Waals surface area contributed by atoms with E-state index in [2.05, 4.69) is 10.6 Å². The molecule has 1 fully saturated rings. The van der Waals surface area contributed by atoms with Crippen LogP contribution in [0.4, 0.5) is 5.69 Å². The second kappa shape index (κ2) is 7.12. The van der Waals surface area contributed by atoms with Gasteiger partial charge in [-0.3, -0.25) is 4.31 Å². The Morgan fingerprint density at radius 3 is 2.45 bits per heavy atom. The molecule has 1 saturated carbocycles. The number of nitrogens with zero attached hydrogens (tertiary/aromatic N) is 3. The average molecular weight is 410 g/mol. The van der Waals surface area contributed by atoms with E-state index in [0.717, 1.165) is 34.5 Å². The molecule has 0 aliphatic heterocycles. The maximum atomic E-state index is 11.8. The van der Waals surface area contributed by atoms with E-state index in [1.165, 1.54) is 30.5 Å². The Balaban J connectivity index is 1.89. The summed E-state index contributed by atoms with van der Waals surface area (Å²) in [4.78, 5) is 0. The lowest BCUT2D eigenvalue weighted by molar-refractivity contribution is 0.415. The molecule has 0 bridgehead atoms. The number of hydrogen-bond acceptors (Lipinski definition) is 4. The van der Waals surface area contributed by atoms with Crippen molar-refractivity contribution in [1.29, 1.82) is 5.26 Å². The minimum absolute atomic E-state index is 0.585. The first-order valence-corrected chi connectivity index (χ1v) is 11.3. The van der Waals surface area contributed by atoms with Gasteiger partial charge in [-0.1, -0.05) is 12.1 Å². The van der Waals surface area contributed by atoms with Gasteiger partial charge in [0, 0.05) is 25.0 Å². The SMILES string of the molecule is COc1ccc2c(C#N)c(-c3ccc(N(C)S(C)(=O)=O)cc3)n(CC3CC3)c2c1. The maximum absolute atomic E-state index is 11.8. The molecule has 1 aliphatic rings. The highest BCUT2D eigenvalue weighted by Gasteiger charge is 2.26. The van der Waals surface area contributed by atoms with Crippen LogP contribution in [0.2, 0.25) is 0 Å². The summed E-state index contributed by atoms with van der Waals surface area (Å²) in [5.74, 6) is 1.38. The molecule has 1 heterocycles. The quantitative estimate of drug-likeness (QED) is 0.617. The Bertz CT molecular complexity index is 1220. The second-order valence-electron chi connectivity index (χ2n) is 7.55. The zero-order chi connectivity index (χ0) is 20.8. The van der Waals surface area contributed by atoms with Gasteiger partial charge >= 0.3 is 0 Å². The van der Waals surface area contributed by atoms with Crippen molar-refractivity contribution < 1.29 is 13.2 Å². The van der Waals surface area contributed by atoms with E-state index >= 15 is 0 Å². The zero-order valence-electron chi connectivity index (χ0n) is 16.7. The summed E-state index contributed by atoms with van der Waals surface area (Å²) in [5, 5.41) is 10.8. The predicted octanol–water partition coefficient (Wildman–Crippen LogP) is 3.99. The van der Waals surface area contributed by atoms with Crippen LogP contribution in [0, 0.1) is 17.2 Å². The molecular formula is C22H23N3O3S. The topological polar surface area (TPSA) is 75.3 Å². The molecule has 0 saturated heterocycles. The number of sulfonamides is 1. The van der Waals surface area contributed by atoms with Gasteiger partial charge in [-0.15, -0.1) is 0 Å². The summed E-state index contributed by atoms with van der Waals surface area (Å²) in [7, 11) is -0.162. The van der Waals surface area contributed by atoms with Crippen molar-refractivity contribution in [2.45, 2.75) is 19.4 Å². The number of hydrogen-bond donors (Lipinski definition) is 0. The molecule has 3 aromatic rings. The summed E-state index contributed by atoms with van der Waals surface area (Å²) in [6.07, 6.45) is 3.57. The molecule has 150 valence electrons. The minimum atomic E-state index is -3.33. The fourth-order valence-electron chi connectivity index (χ4n) is 3.64. The van der Waals surface area contributed by atoms with Crippen molar-refractivity contribution in [3.8, 4) is 23.1 Å². The van der Waals surface area contributed by atoms with Crippen molar-refractivity contribution in [2.24, 2.45) is 5.92 Å². The minimum Gasteiger partial charge on any atom is -0.497 e. The van der Waals surface area contributed by atoms with Crippen LogP contribution in [0.3, 0.4) is 0 Å².